The lowest BCUT2D eigenvalue weighted by Gasteiger charge is -2.28. The van der Waals surface area contributed by atoms with Gasteiger partial charge >= 0.3 is 0 Å². The molecule has 0 spiro atoms. The summed E-state index contributed by atoms with van der Waals surface area (Å²) in [5.41, 5.74) is 2.09. The lowest BCUT2D eigenvalue weighted by molar-refractivity contribution is -0.127. The third kappa shape index (κ3) is 3.95. The van der Waals surface area contributed by atoms with Crippen molar-refractivity contribution in [3.63, 3.8) is 0 Å². The molecule has 6 heteroatoms. The molecule has 3 rings (SSSR count). The van der Waals surface area contributed by atoms with Crippen LogP contribution in [-0.4, -0.2) is 34.8 Å². The normalized spacial score (nSPS) is 15.1. The molecule has 0 bridgehead atoms. The van der Waals surface area contributed by atoms with Crippen molar-refractivity contribution >= 4 is 11.7 Å². The van der Waals surface area contributed by atoms with Gasteiger partial charge in [-0.25, -0.2) is 4.98 Å². The SMILES string of the molecule is CNC(=O)[C@@H](CC(=O)c1nc(-c2ccccc2)n2c1CNCC2)C(C)(C)C. The molecule has 0 saturated carbocycles. The maximum absolute atomic E-state index is 13.2. The van der Waals surface area contributed by atoms with E-state index in [1.807, 2.05) is 51.1 Å². The Bertz CT molecular complexity index is 834. The second-order valence-corrected chi connectivity index (χ2v) is 8.09. The Kier molecular flexibility index (Phi) is 5.46. The van der Waals surface area contributed by atoms with Crippen molar-refractivity contribution in [2.45, 2.75) is 40.3 Å². The number of carbonyl (C=O) groups excluding carboxylic acids is 2. The van der Waals surface area contributed by atoms with Gasteiger partial charge in [-0.3, -0.25) is 9.59 Å². The monoisotopic (exact) mass is 368 g/mol. The molecule has 1 aromatic carbocycles. The largest absolute Gasteiger partial charge is 0.359 e. The van der Waals surface area contributed by atoms with Crippen molar-refractivity contribution in [1.82, 2.24) is 20.2 Å². The summed E-state index contributed by atoms with van der Waals surface area (Å²) in [6, 6.07) is 9.93. The van der Waals surface area contributed by atoms with Crippen LogP contribution in [0.1, 0.15) is 43.4 Å². The number of ketones is 1. The van der Waals surface area contributed by atoms with E-state index >= 15 is 0 Å². The summed E-state index contributed by atoms with van der Waals surface area (Å²) in [6.45, 7) is 8.19. The van der Waals surface area contributed by atoms with Crippen molar-refractivity contribution in [3.05, 3.63) is 41.7 Å². The van der Waals surface area contributed by atoms with Crippen LogP contribution in [0, 0.1) is 11.3 Å². The quantitative estimate of drug-likeness (QED) is 0.796. The minimum Gasteiger partial charge on any atom is -0.359 e. The molecule has 144 valence electrons. The zero-order chi connectivity index (χ0) is 19.6. The zero-order valence-corrected chi connectivity index (χ0v) is 16.5. The predicted octanol–water partition coefficient (Wildman–Crippen LogP) is 2.63. The van der Waals surface area contributed by atoms with Gasteiger partial charge in [0, 0.05) is 38.7 Å². The lowest BCUT2D eigenvalue weighted by atomic mass is 9.77. The number of amides is 1. The van der Waals surface area contributed by atoms with Crippen LogP contribution in [0.2, 0.25) is 0 Å². The molecule has 1 amide bonds. The number of carbonyl (C=O) groups is 2. The highest BCUT2D eigenvalue weighted by atomic mass is 16.2. The third-order valence-corrected chi connectivity index (χ3v) is 5.17. The van der Waals surface area contributed by atoms with E-state index in [1.54, 1.807) is 7.05 Å². The van der Waals surface area contributed by atoms with Crippen molar-refractivity contribution in [2.75, 3.05) is 13.6 Å². The van der Waals surface area contributed by atoms with E-state index in [2.05, 4.69) is 15.2 Å². The van der Waals surface area contributed by atoms with Crippen molar-refractivity contribution in [3.8, 4) is 11.4 Å². The molecule has 0 fully saturated rings. The van der Waals surface area contributed by atoms with Gasteiger partial charge in [-0.1, -0.05) is 51.1 Å². The van der Waals surface area contributed by atoms with E-state index in [9.17, 15) is 9.59 Å². The van der Waals surface area contributed by atoms with Crippen LogP contribution in [0.15, 0.2) is 30.3 Å². The van der Waals surface area contributed by atoms with E-state index in [0.29, 0.717) is 12.2 Å². The van der Waals surface area contributed by atoms with Crippen LogP contribution in [0.25, 0.3) is 11.4 Å². The molecule has 2 N–H and O–H groups in total. The number of fused-ring (bicyclic) bond motifs is 1. The van der Waals surface area contributed by atoms with E-state index in [1.165, 1.54) is 0 Å². The number of benzene rings is 1. The number of imidazole rings is 1. The standard InChI is InChI=1S/C21H28N4O2/c1-21(2,3)15(20(27)22-4)12-17(26)18-16-13-23-10-11-25(16)19(24-18)14-8-6-5-7-9-14/h5-9,15,23H,10-13H2,1-4H3,(H,22,27)/t15-/m1/s1. The van der Waals surface area contributed by atoms with Crippen molar-refractivity contribution < 1.29 is 9.59 Å². The van der Waals surface area contributed by atoms with Crippen LogP contribution in [0.4, 0.5) is 0 Å². The molecule has 1 aliphatic rings. The van der Waals surface area contributed by atoms with Crippen LogP contribution < -0.4 is 10.6 Å². The van der Waals surface area contributed by atoms with E-state index in [4.69, 9.17) is 4.98 Å². The molecule has 1 atom stereocenters. The summed E-state index contributed by atoms with van der Waals surface area (Å²) in [5.74, 6) is 0.241. The minimum atomic E-state index is -0.399. The summed E-state index contributed by atoms with van der Waals surface area (Å²) < 4.78 is 2.13. The van der Waals surface area contributed by atoms with Gasteiger partial charge < -0.3 is 15.2 Å². The molecule has 0 radical (unpaired) electrons. The van der Waals surface area contributed by atoms with E-state index < -0.39 is 5.92 Å². The topological polar surface area (TPSA) is 76.0 Å². The number of hydrogen-bond donors (Lipinski definition) is 2. The molecule has 27 heavy (non-hydrogen) atoms. The fourth-order valence-corrected chi connectivity index (χ4v) is 3.58. The number of nitrogens with one attached hydrogen (secondary N) is 2. The van der Waals surface area contributed by atoms with Crippen LogP contribution >= 0.6 is 0 Å². The Morgan fingerprint density at radius 2 is 1.96 bits per heavy atom. The van der Waals surface area contributed by atoms with E-state index in [-0.39, 0.29) is 23.5 Å². The number of aromatic nitrogens is 2. The highest BCUT2D eigenvalue weighted by Crippen LogP contribution is 2.32. The van der Waals surface area contributed by atoms with Gasteiger partial charge in [0.15, 0.2) is 5.78 Å². The van der Waals surface area contributed by atoms with Gasteiger partial charge in [0.2, 0.25) is 5.91 Å². The Balaban J connectivity index is 1.98. The zero-order valence-electron chi connectivity index (χ0n) is 16.5. The summed E-state index contributed by atoms with van der Waals surface area (Å²) in [4.78, 5) is 30.2. The molecule has 2 aromatic rings. The van der Waals surface area contributed by atoms with Crippen LogP contribution in [-0.2, 0) is 17.9 Å². The summed E-state index contributed by atoms with van der Waals surface area (Å²) in [6.07, 6.45) is 0.154. The fraction of sp³-hybridized carbons (Fsp3) is 0.476. The number of nitrogens with zero attached hydrogens (tertiary/aromatic N) is 2. The Morgan fingerprint density at radius 3 is 2.59 bits per heavy atom. The highest BCUT2D eigenvalue weighted by Gasteiger charge is 2.35. The van der Waals surface area contributed by atoms with Gasteiger partial charge in [0.05, 0.1) is 11.6 Å². The first-order valence-electron chi connectivity index (χ1n) is 9.43. The van der Waals surface area contributed by atoms with Gasteiger partial charge in [0.1, 0.15) is 11.5 Å². The second-order valence-electron chi connectivity index (χ2n) is 8.09. The molecule has 2 heterocycles. The fourth-order valence-electron chi connectivity index (χ4n) is 3.58. The second kappa shape index (κ2) is 7.64. The summed E-state index contributed by atoms with van der Waals surface area (Å²) in [7, 11) is 1.61. The average Bonchev–Trinajstić information content (AvgIpc) is 3.05. The third-order valence-electron chi connectivity index (χ3n) is 5.17. The summed E-state index contributed by atoms with van der Waals surface area (Å²) >= 11 is 0. The van der Waals surface area contributed by atoms with Gasteiger partial charge in [-0.05, 0) is 5.41 Å². The first-order chi connectivity index (χ1) is 12.8. The van der Waals surface area contributed by atoms with Crippen molar-refractivity contribution in [1.29, 1.82) is 0 Å². The van der Waals surface area contributed by atoms with Crippen LogP contribution in [0.3, 0.4) is 0 Å². The molecule has 6 nitrogen and oxygen atoms in total. The summed E-state index contributed by atoms with van der Waals surface area (Å²) in [5, 5.41) is 6.02. The average molecular weight is 368 g/mol. The van der Waals surface area contributed by atoms with Crippen molar-refractivity contribution in [2.24, 2.45) is 11.3 Å². The van der Waals surface area contributed by atoms with Crippen LogP contribution in [0.5, 0.6) is 0 Å². The first-order valence-corrected chi connectivity index (χ1v) is 9.43. The first kappa shape index (κ1) is 19.3. The number of Topliss-reactive ketones (excluding diaryl/α,β-unsaturated/α-hetero) is 1. The maximum Gasteiger partial charge on any atom is 0.223 e. The van der Waals surface area contributed by atoms with Gasteiger partial charge in [-0.15, -0.1) is 0 Å². The number of rotatable bonds is 5. The predicted molar refractivity (Wildman–Crippen MR) is 105 cm³/mol. The Labute approximate surface area is 160 Å². The smallest absolute Gasteiger partial charge is 0.223 e. The molecule has 0 saturated heterocycles. The van der Waals surface area contributed by atoms with Gasteiger partial charge in [-0.2, -0.15) is 0 Å². The molecular weight excluding hydrogens is 340 g/mol. The Morgan fingerprint density at radius 1 is 1.26 bits per heavy atom. The maximum atomic E-state index is 13.2. The lowest BCUT2D eigenvalue weighted by Crippen LogP contribution is -2.38. The van der Waals surface area contributed by atoms with Gasteiger partial charge in [0.25, 0.3) is 0 Å². The molecular formula is C21H28N4O2. The highest BCUT2D eigenvalue weighted by molar-refractivity contribution is 5.98. The molecule has 1 aliphatic heterocycles. The molecule has 0 aliphatic carbocycles. The Hall–Kier alpha value is -2.47. The molecule has 0 unspecified atom stereocenters. The number of hydrogen-bond acceptors (Lipinski definition) is 4. The van der Waals surface area contributed by atoms with E-state index in [0.717, 1.165) is 30.2 Å². The minimum absolute atomic E-state index is 0.0758. The molecule has 1 aromatic heterocycles.